The van der Waals surface area contributed by atoms with E-state index in [0.29, 0.717) is 0 Å². The number of hydrogen-bond donors (Lipinski definition) is 7. The van der Waals surface area contributed by atoms with E-state index in [4.69, 9.17) is 0 Å². The van der Waals surface area contributed by atoms with Gasteiger partial charge in [-0.25, -0.2) is 39.1 Å². The standard InChI is InChI=1S/C33H41F2N3O4S.C26H36F2N2O3S/c1-33(2,3)19-21-11-12-23-7-6-10-29(28(23)15-21)36-20-31(39)30(16-22-13-25(34)18-26(35)14-22)37-32(40)24-8-5-9-27(17-24)38-43(4,41)42;1-26(2,3)15-17-8-9-19-6-5-7-23(22(19)12-17)29-16-25(31)24(30-34(4,32)33)13-18-10-20(27)14-21(28)11-18/h5,8-9,11-15,17-18,29-31,36,38-39H,6-7,10,16,19-20H2,1-4H3,(H,37,40);8-12,14,23-25,29-31H,5-7,13,15-16H2,1-4H3. The number of amides is 1. The first kappa shape index (κ1) is 61.0. The number of benzene rings is 5. The van der Waals surface area contributed by atoms with E-state index >= 15 is 0 Å². The van der Waals surface area contributed by atoms with Crippen LogP contribution in [0.3, 0.4) is 0 Å². The van der Waals surface area contributed by atoms with Crippen LogP contribution in [0, 0.1) is 34.1 Å². The van der Waals surface area contributed by atoms with Crippen LogP contribution in [0.25, 0.3) is 0 Å². The molecule has 0 aromatic heterocycles. The lowest BCUT2D eigenvalue weighted by molar-refractivity contribution is 0.0823. The van der Waals surface area contributed by atoms with Gasteiger partial charge in [0, 0.05) is 48.6 Å². The molecular weight excluding hydrogens is 1030 g/mol. The number of nitrogens with one attached hydrogen (secondary N) is 5. The van der Waals surface area contributed by atoms with Crippen molar-refractivity contribution < 1.29 is 49.4 Å². The summed E-state index contributed by atoms with van der Waals surface area (Å²) in [6.45, 7) is 13.5. The zero-order valence-electron chi connectivity index (χ0n) is 45.5. The number of anilines is 1. The topological polar surface area (TPSA) is 186 Å². The van der Waals surface area contributed by atoms with Crippen LogP contribution in [0.5, 0.6) is 0 Å². The van der Waals surface area contributed by atoms with Gasteiger partial charge in [-0.05, 0) is 162 Å². The summed E-state index contributed by atoms with van der Waals surface area (Å²) in [6.07, 6.45) is 7.47. The van der Waals surface area contributed by atoms with Crippen LogP contribution in [0.2, 0.25) is 0 Å². The molecule has 0 bridgehead atoms. The average Bonchev–Trinajstić information content (AvgIpc) is 3.30. The summed E-state index contributed by atoms with van der Waals surface area (Å²) >= 11 is 0. The van der Waals surface area contributed by atoms with E-state index in [-0.39, 0.29) is 71.2 Å². The summed E-state index contributed by atoms with van der Waals surface area (Å²) in [5, 5.41) is 31.9. The van der Waals surface area contributed by atoms with Gasteiger partial charge >= 0.3 is 0 Å². The van der Waals surface area contributed by atoms with Crippen LogP contribution >= 0.6 is 0 Å². The third kappa shape index (κ3) is 20.2. The molecule has 2 aliphatic carbocycles. The van der Waals surface area contributed by atoms with Crippen molar-refractivity contribution in [3.05, 3.63) is 170 Å². The minimum Gasteiger partial charge on any atom is -0.390 e. The molecule has 5 aromatic carbocycles. The molecule has 0 radical (unpaired) electrons. The number of hydrogen-bond acceptors (Lipinski definition) is 9. The smallest absolute Gasteiger partial charge is 0.251 e. The molecule has 0 spiro atoms. The summed E-state index contributed by atoms with van der Waals surface area (Å²) in [4.78, 5) is 13.3. The molecule has 6 unspecified atom stereocenters. The second-order valence-corrected chi connectivity index (χ2v) is 26.9. The molecule has 5 aromatic rings. The summed E-state index contributed by atoms with van der Waals surface area (Å²) in [5.74, 6) is -3.56. The molecule has 420 valence electrons. The Bertz CT molecular complexity index is 3020. The highest BCUT2D eigenvalue weighted by Crippen LogP contribution is 2.34. The lowest BCUT2D eigenvalue weighted by Crippen LogP contribution is -2.49. The van der Waals surface area contributed by atoms with E-state index < -0.39 is 73.5 Å². The highest BCUT2D eigenvalue weighted by molar-refractivity contribution is 7.92. The van der Waals surface area contributed by atoms with Gasteiger partial charge in [0.1, 0.15) is 23.3 Å². The molecule has 0 fully saturated rings. The molecule has 12 nitrogen and oxygen atoms in total. The van der Waals surface area contributed by atoms with Crippen LogP contribution in [0.4, 0.5) is 23.2 Å². The number of halogens is 4. The molecule has 18 heteroatoms. The van der Waals surface area contributed by atoms with Gasteiger partial charge in [-0.3, -0.25) is 9.52 Å². The van der Waals surface area contributed by atoms with Crippen molar-refractivity contribution >= 4 is 31.6 Å². The van der Waals surface area contributed by atoms with Crippen molar-refractivity contribution in [1.82, 2.24) is 20.7 Å². The lowest BCUT2D eigenvalue weighted by atomic mass is 9.82. The first-order chi connectivity index (χ1) is 35.9. The molecule has 7 N–H and O–H groups in total. The van der Waals surface area contributed by atoms with Gasteiger partial charge in [-0.2, -0.15) is 0 Å². The number of fused-ring (bicyclic) bond motifs is 2. The average molecular weight is 1110 g/mol. The van der Waals surface area contributed by atoms with E-state index in [2.05, 4.69) is 103 Å². The van der Waals surface area contributed by atoms with Crippen molar-refractivity contribution in [3.8, 4) is 0 Å². The molecule has 0 aliphatic heterocycles. The van der Waals surface area contributed by atoms with Gasteiger partial charge in [0.25, 0.3) is 5.91 Å². The summed E-state index contributed by atoms with van der Waals surface area (Å²) in [7, 11) is -7.21. The van der Waals surface area contributed by atoms with Gasteiger partial charge in [-0.15, -0.1) is 0 Å². The Labute approximate surface area is 453 Å². The zero-order valence-corrected chi connectivity index (χ0v) is 47.1. The highest BCUT2D eigenvalue weighted by atomic mass is 32.2. The molecule has 2 aliphatic rings. The number of carbonyl (C=O) groups excluding carboxylic acids is 1. The maximum Gasteiger partial charge on any atom is 0.251 e. The maximum absolute atomic E-state index is 14.0. The fourth-order valence-electron chi connectivity index (χ4n) is 10.3. The van der Waals surface area contributed by atoms with Gasteiger partial charge in [0.15, 0.2) is 0 Å². The minimum atomic E-state index is -3.65. The number of aryl methyl sites for hydroxylation is 2. The van der Waals surface area contributed by atoms with Crippen molar-refractivity contribution in [2.24, 2.45) is 10.8 Å². The molecule has 77 heavy (non-hydrogen) atoms. The molecule has 0 heterocycles. The second kappa shape index (κ2) is 26.2. The Balaban J connectivity index is 0.000000257. The van der Waals surface area contributed by atoms with Crippen LogP contribution in [-0.4, -0.2) is 82.8 Å². The Kier molecular flexibility index (Phi) is 20.7. The normalized spacial score (nSPS) is 17.4. The first-order valence-corrected chi connectivity index (χ1v) is 30.0. The van der Waals surface area contributed by atoms with Gasteiger partial charge in [0.2, 0.25) is 20.0 Å². The monoisotopic (exact) mass is 1110 g/mol. The van der Waals surface area contributed by atoms with Crippen molar-refractivity contribution in [3.63, 3.8) is 0 Å². The quantitative estimate of drug-likeness (QED) is 0.0373. The summed E-state index contributed by atoms with van der Waals surface area (Å²) in [5.41, 5.74) is 8.76. The van der Waals surface area contributed by atoms with Crippen molar-refractivity contribution in [2.45, 2.75) is 142 Å². The maximum atomic E-state index is 14.0. The predicted octanol–water partition coefficient (Wildman–Crippen LogP) is 9.34. The number of aliphatic hydroxyl groups excluding tert-OH is 2. The fourth-order valence-corrected chi connectivity index (χ4v) is 11.7. The zero-order chi connectivity index (χ0) is 56.5. The third-order valence-corrected chi connectivity index (χ3v) is 14.8. The minimum absolute atomic E-state index is 0.0139. The Morgan fingerprint density at radius 3 is 1.45 bits per heavy atom. The molecule has 1 amide bonds. The largest absolute Gasteiger partial charge is 0.390 e. The molecule has 0 saturated heterocycles. The van der Waals surface area contributed by atoms with Crippen molar-refractivity contribution in [2.75, 3.05) is 30.3 Å². The SMILES string of the molecule is CC(C)(C)Cc1ccc2c(c1)C(NCC(O)C(Cc1cc(F)cc(F)c1)NC(=O)c1cccc(NS(C)(=O)=O)c1)CCC2.CC(C)(C)Cc1ccc2c(c1)C(NCC(O)C(Cc1cc(F)cc(F)c1)NS(C)(=O)=O)CCC2. The lowest BCUT2D eigenvalue weighted by Gasteiger charge is -2.31. The molecule has 7 rings (SSSR count). The van der Waals surface area contributed by atoms with Gasteiger partial charge < -0.3 is 26.2 Å². The fraction of sp³-hybridized carbons (Fsp3) is 0.475. The van der Waals surface area contributed by atoms with E-state index in [0.717, 1.165) is 88.1 Å². The number of sulfonamides is 2. The number of carbonyl (C=O) groups is 1. The molecule has 0 saturated carbocycles. The van der Waals surface area contributed by atoms with E-state index in [1.54, 1.807) is 0 Å². The summed E-state index contributed by atoms with van der Waals surface area (Å²) in [6, 6.07) is 23.6. The van der Waals surface area contributed by atoms with E-state index in [1.807, 2.05) is 0 Å². The van der Waals surface area contributed by atoms with Gasteiger partial charge in [-0.1, -0.05) is 84.0 Å². The number of rotatable bonds is 20. The highest BCUT2D eigenvalue weighted by Gasteiger charge is 2.29. The van der Waals surface area contributed by atoms with Crippen molar-refractivity contribution in [1.29, 1.82) is 0 Å². The van der Waals surface area contributed by atoms with Crippen LogP contribution in [0.1, 0.15) is 134 Å². The summed E-state index contributed by atoms with van der Waals surface area (Å²) < 4.78 is 107. The second-order valence-electron chi connectivity index (χ2n) is 23.4. The molecule has 6 atom stereocenters. The van der Waals surface area contributed by atoms with Crippen LogP contribution < -0.4 is 25.4 Å². The Morgan fingerprint density at radius 1 is 0.584 bits per heavy atom. The molecular formula is C59H77F4N5O7S2. The Morgan fingerprint density at radius 2 is 1.03 bits per heavy atom. The third-order valence-electron chi connectivity index (χ3n) is 13.5. The predicted molar refractivity (Wildman–Crippen MR) is 297 cm³/mol. The van der Waals surface area contributed by atoms with E-state index in [9.17, 15) is 49.4 Å². The number of aliphatic hydroxyl groups is 2. The van der Waals surface area contributed by atoms with E-state index in [1.165, 1.54) is 69.8 Å². The van der Waals surface area contributed by atoms with Gasteiger partial charge in [0.05, 0.1) is 36.8 Å². The Hall–Kier alpha value is -5.21. The van der Waals surface area contributed by atoms with Crippen LogP contribution in [0.15, 0.2) is 97.1 Å². The van der Waals surface area contributed by atoms with Crippen LogP contribution in [-0.2, 0) is 58.6 Å². The first-order valence-electron chi connectivity index (χ1n) is 26.3.